The molecule has 5 atom stereocenters. The number of aliphatic hydroxyl groups is 1. The van der Waals surface area contributed by atoms with Gasteiger partial charge in [-0.25, -0.2) is 0 Å². The second kappa shape index (κ2) is 23.2. The van der Waals surface area contributed by atoms with Crippen LogP contribution in [0, 0.1) is 11.7 Å². The molecule has 16 heteroatoms. The van der Waals surface area contributed by atoms with Crippen molar-refractivity contribution >= 4 is 62.3 Å². The average Bonchev–Trinajstić information content (AvgIpc) is 3.41. The number of nitrogens with two attached hydrogens (primary N) is 1. The second-order valence-corrected chi connectivity index (χ2v) is 16.9. The Hall–Kier alpha value is -1.26. The number of carbonyl (C=O) groups is 2. The number of ether oxygens (including phenoxy) is 5. The lowest BCUT2D eigenvalue weighted by Crippen LogP contribution is -2.29. The molecule has 1 fully saturated rings. The zero-order chi connectivity index (χ0) is 33.8. The normalized spacial score (nSPS) is 19.1. The molecule has 5 N–H and O–H groups in total. The van der Waals surface area contributed by atoms with Gasteiger partial charge in [-0.05, 0) is 37.8 Å². The van der Waals surface area contributed by atoms with Crippen molar-refractivity contribution in [2.45, 2.75) is 67.9 Å². The van der Waals surface area contributed by atoms with E-state index in [2.05, 4.69) is 43.1 Å². The smallest absolute Gasteiger partial charge is 0.251 e. The van der Waals surface area contributed by atoms with Crippen molar-refractivity contribution in [3.05, 3.63) is 29.8 Å². The molecule has 1 radical (unpaired) electrons. The zero-order valence-corrected chi connectivity index (χ0v) is 30.4. The Morgan fingerprint density at radius 3 is 2.76 bits per heavy atom. The molecule has 0 aromatic heterocycles. The van der Waals surface area contributed by atoms with Crippen LogP contribution in [0.5, 0.6) is 5.75 Å². The van der Waals surface area contributed by atoms with Crippen molar-refractivity contribution in [1.29, 1.82) is 0 Å². The molecule has 2 amide bonds. The quantitative estimate of drug-likeness (QED) is 0.0486. The highest BCUT2D eigenvalue weighted by molar-refractivity contribution is 8.77. The molecule has 2 unspecified atom stereocenters. The van der Waals surface area contributed by atoms with Gasteiger partial charge in [-0.2, -0.15) is 5.82 Å². The van der Waals surface area contributed by atoms with Crippen LogP contribution in [0.4, 0.5) is 0 Å². The number of hydrogen-bond donors (Lipinski definition) is 4. The fourth-order valence-electron chi connectivity index (χ4n) is 3.84. The molecular formula is C30H47BN3O8S4. The summed E-state index contributed by atoms with van der Waals surface area (Å²) in [5.41, 5.74) is 5.64. The predicted molar refractivity (Wildman–Crippen MR) is 191 cm³/mol. The number of aliphatic hydroxyl groups excluding tert-OH is 1. The van der Waals surface area contributed by atoms with E-state index in [9.17, 15) is 14.7 Å². The molecule has 1 heterocycles. The number of benzene rings is 1. The number of nitrogens with one attached hydrogen (secondary N) is 2. The lowest BCUT2D eigenvalue weighted by molar-refractivity contribution is -0.126. The first kappa shape index (κ1) is 40.9. The predicted octanol–water partition coefficient (Wildman–Crippen LogP) is 2.92. The molecule has 0 spiro atoms. The Morgan fingerprint density at radius 1 is 1.24 bits per heavy atom. The summed E-state index contributed by atoms with van der Waals surface area (Å²) in [5, 5.41) is 15.1. The third-order valence-electron chi connectivity index (χ3n) is 5.83. The Morgan fingerprint density at radius 2 is 2.04 bits per heavy atom. The highest BCUT2D eigenvalue weighted by Gasteiger charge is 2.36. The summed E-state index contributed by atoms with van der Waals surface area (Å²) in [6.07, 6.45) is 2.03. The zero-order valence-electron chi connectivity index (χ0n) is 27.2. The van der Waals surface area contributed by atoms with Gasteiger partial charge in [0.1, 0.15) is 35.9 Å². The third kappa shape index (κ3) is 17.8. The summed E-state index contributed by atoms with van der Waals surface area (Å²) in [5.74, 6) is 5.87. The van der Waals surface area contributed by atoms with Gasteiger partial charge in [0.2, 0.25) is 5.91 Å². The third-order valence-corrected chi connectivity index (χ3v) is 11.3. The van der Waals surface area contributed by atoms with E-state index in [1.165, 1.54) is 0 Å². The van der Waals surface area contributed by atoms with Crippen molar-refractivity contribution in [3.63, 3.8) is 0 Å². The van der Waals surface area contributed by atoms with Gasteiger partial charge in [0.15, 0.2) is 0 Å². The van der Waals surface area contributed by atoms with Crippen LogP contribution in [0.25, 0.3) is 0 Å². The number of rotatable bonds is 21. The summed E-state index contributed by atoms with van der Waals surface area (Å²) in [7, 11) is 8.21. The molecule has 0 bridgehead atoms. The van der Waals surface area contributed by atoms with Crippen LogP contribution in [0.1, 0.15) is 44.5 Å². The summed E-state index contributed by atoms with van der Waals surface area (Å²) < 4.78 is 29.2. The Labute approximate surface area is 290 Å². The van der Waals surface area contributed by atoms with Gasteiger partial charge in [0.25, 0.3) is 13.2 Å². The molecule has 46 heavy (non-hydrogen) atoms. The minimum Gasteiger partial charge on any atom is -0.490 e. The fourth-order valence-corrected chi connectivity index (χ4v) is 7.45. The van der Waals surface area contributed by atoms with Crippen molar-refractivity contribution in [3.8, 4) is 17.5 Å². The van der Waals surface area contributed by atoms with Gasteiger partial charge in [0.05, 0.1) is 32.5 Å². The van der Waals surface area contributed by atoms with Crippen LogP contribution in [-0.4, -0.2) is 117 Å². The van der Waals surface area contributed by atoms with E-state index in [-0.39, 0.29) is 85.2 Å². The fraction of sp³-hybridized carbons (Fsp3) is 0.667. The van der Waals surface area contributed by atoms with E-state index in [0.717, 1.165) is 0 Å². The Balaban J connectivity index is 1.68. The summed E-state index contributed by atoms with van der Waals surface area (Å²) >= 11 is 0. The van der Waals surface area contributed by atoms with Gasteiger partial charge in [-0.1, -0.05) is 75.9 Å². The molecule has 2 rings (SSSR count). The maximum Gasteiger partial charge on any atom is 0.251 e. The molecule has 0 aliphatic carbocycles. The van der Waals surface area contributed by atoms with E-state index in [4.69, 9.17) is 29.4 Å². The topological polar surface area (TPSA) is 151 Å². The molecular weight excluding hydrogens is 669 g/mol. The average molecular weight is 717 g/mol. The van der Waals surface area contributed by atoms with Crippen LogP contribution in [0.2, 0.25) is 0 Å². The lowest BCUT2D eigenvalue weighted by Gasteiger charge is -2.22. The Bertz CT molecular complexity index is 1110. The van der Waals surface area contributed by atoms with Crippen molar-refractivity contribution < 1.29 is 38.4 Å². The lowest BCUT2D eigenvalue weighted by atomic mass is 9.71. The summed E-state index contributed by atoms with van der Waals surface area (Å²) in [6, 6.07) is 6.71. The monoisotopic (exact) mass is 716 g/mol. The van der Waals surface area contributed by atoms with Gasteiger partial charge in [0, 0.05) is 29.4 Å². The van der Waals surface area contributed by atoms with Crippen molar-refractivity contribution in [2.24, 2.45) is 5.73 Å². The largest absolute Gasteiger partial charge is 0.490 e. The molecule has 1 aliphatic heterocycles. The van der Waals surface area contributed by atoms with Crippen LogP contribution in [-0.2, 0) is 23.7 Å². The highest BCUT2D eigenvalue weighted by Crippen LogP contribution is 2.38. The van der Waals surface area contributed by atoms with Crippen LogP contribution >= 0.6 is 43.2 Å². The Kier molecular flexibility index (Phi) is 20.6. The molecule has 11 nitrogen and oxygen atoms in total. The van der Waals surface area contributed by atoms with Crippen LogP contribution in [0.15, 0.2) is 24.3 Å². The first-order valence-electron chi connectivity index (χ1n) is 15.0. The number of carbonyl (C=O) groups excluding carboxylic acids is 2. The molecule has 1 saturated heterocycles. The van der Waals surface area contributed by atoms with Gasteiger partial charge < -0.3 is 45.2 Å². The minimum atomic E-state index is -0.383. The molecule has 1 aromatic rings. The molecule has 257 valence electrons. The van der Waals surface area contributed by atoms with Crippen molar-refractivity contribution in [2.75, 3.05) is 58.9 Å². The van der Waals surface area contributed by atoms with Crippen molar-refractivity contribution in [1.82, 2.24) is 10.6 Å². The maximum atomic E-state index is 12.2. The maximum absolute atomic E-state index is 12.2. The van der Waals surface area contributed by atoms with E-state index < -0.39 is 0 Å². The highest BCUT2D eigenvalue weighted by atomic mass is 33.1. The molecule has 1 aliphatic rings. The summed E-state index contributed by atoms with van der Waals surface area (Å²) in [4.78, 5) is 24.4. The first-order chi connectivity index (χ1) is 22.0. The minimum absolute atomic E-state index is 0.00864. The van der Waals surface area contributed by atoms with Crippen LogP contribution in [0.3, 0.4) is 0 Å². The van der Waals surface area contributed by atoms with Crippen LogP contribution < -0.4 is 21.1 Å². The van der Waals surface area contributed by atoms with Gasteiger partial charge >= 0.3 is 0 Å². The molecule has 0 saturated carbocycles. The molecule has 1 aromatic carbocycles. The van der Waals surface area contributed by atoms with E-state index >= 15 is 0 Å². The van der Waals surface area contributed by atoms with Gasteiger partial charge in [-0.3, -0.25) is 9.59 Å². The van der Waals surface area contributed by atoms with E-state index in [1.54, 1.807) is 74.7 Å². The number of hydrogen-bond acceptors (Lipinski definition) is 13. The van der Waals surface area contributed by atoms with E-state index in [0.29, 0.717) is 30.8 Å². The standard InChI is InChI=1S/C30H47BN3O8S4/c1-21(44-43-5)41-24-17-26(42-25(24)18-35)31-10-7-12-33-27(36)19-38-14-15-39-28(45-46-30(2,3)4)20-40-23-9-6-8-22(16-23)29(37)34-13-11-32/h6,8-9,16,21,24-26,28,35H,11-15,17-20,32H2,1-5H3,(H,33,36)(H,34,37)/t21-,24-,25?,26-,28?/m1/s1. The van der Waals surface area contributed by atoms with E-state index in [1.807, 2.05) is 13.2 Å². The first-order valence-corrected chi connectivity index (χ1v) is 19.8. The summed E-state index contributed by atoms with van der Waals surface area (Å²) in [6.45, 7) is 9.77. The SMILES string of the molecule is CSS[C@H](C)O[C@@H]1C[C@H]([B]C#CCNC(=O)COCCOC(COc2cccc(C(=O)NCCN)c2)SSC(C)(C)C)OC1CO. The number of amides is 2. The van der Waals surface area contributed by atoms with Gasteiger partial charge in [-0.15, -0.1) is 0 Å². The second-order valence-electron chi connectivity index (χ2n) is 10.9.